The summed E-state index contributed by atoms with van der Waals surface area (Å²) in [5.74, 6) is -0.918. The fraction of sp³-hybridized carbons (Fsp3) is 0.815. The van der Waals surface area contributed by atoms with Crippen LogP contribution >= 0.6 is 0 Å². The first kappa shape index (κ1) is 24.4. The third-order valence-corrected chi connectivity index (χ3v) is 10.4. The lowest BCUT2D eigenvalue weighted by atomic mass is 9.40. The van der Waals surface area contributed by atoms with Crippen molar-refractivity contribution in [2.45, 2.75) is 103 Å². The van der Waals surface area contributed by atoms with Gasteiger partial charge >= 0.3 is 17.9 Å². The number of esters is 3. The molecular weight excluding hydrogens is 468 g/mol. The Labute approximate surface area is 211 Å². The minimum atomic E-state index is -0.908. The highest BCUT2D eigenvalue weighted by Crippen LogP contribution is 2.74. The molecule has 0 aromatic rings. The number of rotatable bonds is 4. The molecule has 0 radical (unpaired) electrons. The van der Waals surface area contributed by atoms with Gasteiger partial charge in [-0.3, -0.25) is 9.59 Å². The molecule has 5 heterocycles. The largest absolute Gasteiger partial charge is 0.462 e. The SMILES string of the molecule is C/C=C(\C)C(=O)O[C@H]1O[C@@H]2C[C@@H]3[C@@](C)([C@@H]4C[C@H]5CC(=O)O[C@H]5O4)[C@H](C)C[C@H](OC(C)=O)[C@]13[C@@]1(CO1)C2. The molecule has 11 atom stereocenters. The van der Waals surface area contributed by atoms with E-state index in [-0.39, 0.29) is 47.3 Å². The van der Waals surface area contributed by atoms with Crippen LogP contribution in [0, 0.1) is 28.6 Å². The van der Waals surface area contributed by atoms with Crippen molar-refractivity contribution in [2.24, 2.45) is 28.6 Å². The number of hydrogen-bond donors (Lipinski definition) is 0. The molecule has 2 bridgehead atoms. The van der Waals surface area contributed by atoms with Crippen molar-refractivity contribution in [1.82, 2.24) is 0 Å². The summed E-state index contributed by atoms with van der Waals surface area (Å²) in [6, 6.07) is 0. The Hall–Kier alpha value is -1.97. The van der Waals surface area contributed by atoms with Crippen molar-refractivity contribution < 1.29 is 42.8 Å². The van der Waals surface area contributed by atoms with Crippen molar-refractivity contribution in [3.8, 4) is 0 Å². The van der Waals surface area contributed by atoms with Gasteiger partial charge < -0.3 is 28.4 Å². The van der Waals surface area contributed by atoms with Crippen LogP contribution in [0.5, 0.6) is 0 Å². The third-order valence-electron chi connectivity index (χ3n) is 10.4. The van der Waals surface area contributed by atoms with Gasteiger partial charge in [0.1, 0.15) is 17.1 Å². The minimum absolute atomic E-state index is 0.0443. The van der Waals surface area contributed by atoms with Gasteiger partial charge in [0.2, 0.25) is 12.6 Å². The number of hydrogen-bond acceptors (Lipinski definition) is 9. The van der Waals surface area contributed by atoms with Crippen LogP contribution in [0.15, 0.2) is 11.6 Å². The molecule has 2 saturated carbocycles. The maximum absolute atomic E-state index is 13.0. The molecular formula is C27H36O9. The molecule has 0 unspecified atom stereocenters. The summed E-state index contributed by atoms with van der Waals surface area (Å²) >= 11 is 0. The van der Waals surface area contributed by atoms with Gasteiger partial charge in [-0.1, -0.05) is 19.9 Å². The fourth-order valence-electron chi connectivity index (χ4n) is 8.31. The lowest BCUT2D eigenvalue weighted by Crippen LogP contribution is -2.77. The summed E-state index contributed by atoms with van der Waals surface area (Å²) in [6.07, 6.45) is 2.53. The number of fused-ring (bicyclic) bond motifs is 2. The van der Waals surface area contributed by atoms with Crippen molar-refractivity contribution in [3.05, 3.63) is 11.6 Å². The van der Waals surface area contributed by atoms with E-state index in [2.05, 4.69) is 13.8 Å². The van der Waals surface area contributed by atoms with Crippen LogP contribution in [0.2, 0.25) is 0 Å². The summed E-state index contributed by atoms with van der Waals surface area (Å²) in [6.45, 7) is 9.86. The molecule has 5 aliphatic heterocycles. The zero-order valence-electron chi connectivity index (χ0n) is 21.6. The van der Waals surface area contributed by atoms with Gasteiger partial charge in [0.25, 0.3) is 0 Å². The van der Waals surface area contributed by atoms with Gasteiger partial charge in [-0.05, 0) is 44.9 Å². The van der Waals surface area contributed by atoms with Crippen LogP contribution in [0.1, 0.15) is 66.7 Å². The van der Waals surface area contributed by atoms with Gasteiger partial charge in [-0.2, -0.15) is 0 Å². The molecule has 0 aromatic carbocycles. The van der Waals surface area contributed by atoms with Crippen molar-refractivity contribution in [1.29, 1.82) is 0 Å². The van der Waals surface area contributed by atoms with Gasteiger partial charge in [0.05, 0.1) is 25.2 Å². The first-order valence-electron chi connectivity index (χ1n) is 13.2. The zero-order valence-corrected chi connectivity index (χ0v) is 21.6. The maximum atomic E-state index is 13.0. The van der Waals surface area contributed by atoms with Gasteiger partial charge in [-0.25, -0.2) is 4.79 Å². The topological polar surface area (TPSA) is 110 Å². The Kier molecular flexibility index (Phi) is 5.42. The van der Waals surface area contributed by atoms with E-state index in [4.69, 9.17) is 28.4 Å². The predicted molar refractivity (Wildman–Crippen MR) is 123 cm³/mol. The lowest BCUT2D eigenvalue weighted by Gasteiger charge is -2.69. The average molecular weight is 505 g/mol. The fourth-order valence-corrected chi connectivity index (χ4v) is 8.31. The molecule has 0 amide bonds. The van der Waals surface area contributed by atoms with Crippen molar-refractivity contribution in [3.63, 3.8) is 0 Å². The highest BCUT2D eigenvalue weighted by molar-refractivity contribution is 5.87. The lowest BCUT2D eigenvalue weighted by molar-refractivity contribution is -0.375. The Bertz CT molecular complexity index is 1000. The Balaban J connectivity index is 1.44. The minimum Gasteiger partial charge on any atom is -0.462 e. The zero-order chi connectivity index (χ0) is 25.6. The molecule has 9 heteroatoms. The Morgan fingerprint density at radius 3 is 2.50 bits per heavy atom. The molecule has 7 aliphatic rings. The average Bonchev–Trinajstić information content (AvgIpc) is 3.31. The van der Waals surface area contributed by atoms with E-state index in [0.717, 1.165) is 12.8 Å². The number of allylic oxidation sites excluding steroid dienone is 1. The molecule has 5 saturated heterocycles. The van der Waals surface area contributed by atoms with Crippen LogP contribution in [0.4, 0.5) is 0 Å². The second kappa shape index (κ2) is 8.01. The maximum Gasteiger partial charge on any atom is 0.335 e. The second-order valence-electron chi connectivity index (χ2n) is 12.0. The third kappa shape index (κ3) is 3.14. The predicted octanol–water partition coefficient (Wildman–Crippen LogP) is 3.04. The highest BCUT2D eigenvalue weighted by Gasteiger charge is 2.83. The molecule has 7 rings (SSSR count). The summed E-state index contributed by atoms with van der Waals surface area (Å²) in [5, 5.41) is 0. The van der Waals surface area contributed by atoms with Crippen molar-refractivity contribution >= 4 is 17.9 Å². The molecule has 2 aliphatic carbocycles. The van der Waals surface area contributed by atoms with Gasteiger partial charge in [0, 0.05) is 30.3 Å². The smallest absolute Gasteiger partial charge is 0.335 e. The van der Waals surface area contributed by atoms with E-state index in [1.54, 1.807) is 19.9 Å². The Morgan fingerprint density at radius 1 is 1.11 bits per heavy atom. The standard InChI is InChI=1S/C27H36O9/c1-6-13(2)22(30)36-24-27-18(10-17(33-24)11-26(27)12-31-26)25(5,14(3)7-20(27)32-15(4)28)19-8-16-9-21(29)35-23(16)34-19/h6,14,16-20,23-24H,7-12H2,1-5H3/b13-6+/t14-,16+,17-,18-,19+,20+,23-,24-,25+,26+,27+/m1/s1. The molecule has 9 nitrogen and oxygen atoms in total. The molecule has 0 N–H and O–H groups in total. The van der Waals surface area contributed by atoms with E-state index >= 15 is 0 Å². The normalized spacial score (nSPS) is 50.9. The van der Waals surface area contributed by atoms with E-state index in [0.29, 0.717) is 31.4 Å². The van der Waals surface area contributed by atoms with Crippen LogP contribution in [-0.4, -0.2) is 61.0 Å². The molecule has 7 fully saturated rings. The van der Waals surface area contributed by atoms with Crippen LogP contribution in [0.25, 0.3) is 0 Å². The summed E-state index contributed by atoms with van der Waals surface area (Å²) in [4.78, 5) is 37.2. The summed E-state index contributed by atoms with van der Waals surface area (Å²) in [5.41, 5.74) is -1.33. The van der Waals surface area contributed by atoms with Crippen molar-refractivity contribution in [2.75, 3.05) is 6.61 Å². The number of epoxide rings is 1. The molecule has 2 spiro atoms. The number of carbonyl (C=O) groups is 3. The van der Waals surface area contributed by atoms with Gasteiger partial charge in [-0.15, -0.1) is 0 Å². The van der Waals surface area contributed by atoms with Crippen LogP contribution < -0.4 is 0 Å². The number of carbonyl (C=O) groups excluding carboxylic acids is 3. The number of ether oxygens (including phenoxy) is 6. The highest BCUT2D eigenvalue weighted by atomic mass is 16.7. The molecule has 0 aromatic heterocycles. The van der Waals surface area contributed by atoms with E-state index in [1.165, 1.54) is 6.92 Å². The van der Waals surface area contributed by atoms with Crippen LogP contribution in [0.3, 0.4) is 0 Å². The van der Waals surface area contributed by atoms with E-state index < -0.39 is 35.7 Å². The first-order chi connectivity index (χ1) is 17.0. The molecule has 198 valence electrons. The van der Waals surface area contributed by atoms with E-state index in [1.807, 2.05) is 0 Å². The first-order valence-corrected chi connectivity index (χ1v) is 13.2. The summed E-state index contributed by atoms with van der Waals surface area (Å²) in [7, 11) is 0. The van der Waals surface area contributed by atoms with Crippen LogP contribution in [-0.2, 0) is 42.8 Å². The second-order valence-corrected chi connectivity index (χ2v) is 12.0. The monoisotopic (exact) mass is 504 g/mol. The quantitative estimate of drug-likeness (QED) is 0.247. The Morgan fingerprint density at radius 2 is 1.86 bits per heavy atom. The summed E-state index contributed by atoms with van der Waals surface area (Å²) < 4.78 is 36.7. The van der Waals surface area contributed by atoms with Gasteiger partial charge in [0.15, 0.2) is 0 Å². The van der Waals surface area contributed by atoms with E-state index in [9.17, 15) is 14.4 Å². The molecule has 36 heavy (non-hydrogen) atoms.